The highest BCUT2D eigenvalue weighted by Gasteiger charge is 2.28. The van der Waals surface area contributed by atoms with Crippen molar-refractivity contribution in [2.24, 2.45) is 5.92 Å². The Kier molecular flexibility index (Phi) is 4.38. The monoisotopic (exact) mass is 279 g/mol. The zero-order valence-electron chi connectivity index (χ0n) is 11.7. The summed E-state index contributed by atoms with van der Waals surface area (Å²) in [6.45, 7) is 2.32. The second kappa shape index (κ2) is 6.23. The van der Waals surface area contributed by atoms with Gasteiger partial charge in [-0.3, -0.25) is 4.90 Å². The van der Waals surface area contributed by atoms with Crippen molar-refractivity contribution in [2.75, 3.05) is 12.3 Å². The minimum absolute atomic E-state index is 0.707. The highest BCUT2D eigenvalue weighted by Crippen LogP contribution is 2.33. The minimum Gasteiger partial charge on any atom is -0.375 e. The summed E-state index contributed by atoms with van der Waals surface area (Å²) < 4.78 is 0. The Balaban J connectivity index is 1.55. The lowest BCUT2D eigenvalue weighted by Crippen LogP contribution is -2.31. The van der Waals surface area contributed by atoms with E-state index in [1.165, 1.54) is 62.8 Å². The molecule has 0 bridgehead atoms. The quantitative estimate of drug-likeness (QED) is 0.914. The molecule has 2 N–H and O–H groups in total. The molecule has 1 aromatic heterocycles. The SMILES string of the molecule is Nc1ncc(CN2CCCC2CC2CCCCC2)s1. The first-order valence-electron chi connectivity index (χ1n) is 7.75. The smallest absolute Gasteiger partial charge is 0.180 e. The van der Waals surface area contributed by atoms with Crippen molar-refractivity contribution < 1.29 is 0 Å². The molecule has 1 atom stereocenters. The molecule has 1 saturated carbocycles. The molecule has 1 aliphatic heterocycles. The van der Waals surface area contributed by atoms with E-state index in [9.17, 15) is 0 Å². The topological polar surface area (TPSA) is 42.1 Å². The normalized spacial score (nSPS) is 26.0. The number of nitrogen functional groups attached to an aromatic ring is 1. The molecular weight excluding hydrogens is 254 g/mol. The van der Waals surface area contributed by atoms with Crippen LogP contribution in [0.2, 0.25) is 0 Å². The minimum atomic E-state index is 0.707. The molecule has 1 unspecified atom stereocenters. The second-order valence-electron chi connectivity index (χ2n) is 6.17. The Labute approximate surface area is 120 Å². The van der Waals surface area contributed by atoms with Crippen molar-refractivity contribution >= 4 is 16.5 Å². The van der Waals surface area contributed by atoms with Gasteiger partial charge in [0.2, 0.25) is 0 Å². The molecule has 0 aromatic carbocycles. The van der Waals surface area contributed by atoms with Crippen molar-refractivity contribution in [1.82, 2.24) is 9.88 Å². The van der Waals surface area contributed by atoms with Gasteiger partial charge in [-0.2, -0.15) is 0 Å². The number of thiazole rings is 1. The van der Waals surface area contributed by atoms with E-state index in [-0.39, 0.29) is 0 Å². The lowest BCUT2D eigenvalue weighted by Gasteiger charge is -2.29. The molecule has 0 spiro atoms. The Bertz CT molecular complexity index is 398. The molecule has 0 radical (unpaired) electrons. The Morgan fingerprint density at radius 1 is 1.21 bits per heavy atom. The molecule has 4 heteroatoms. The van der Waals surface area contributed by atoms with E-state index >= 15 is 0 Å². The largest absolute Gasteiger partial charge is 0.375 e. The average Bonchev–Trinajstić information content (AvgIpc) is 3.01. The summed E-state index contributed by atoms with van der Waals surface area (Å²) in [5, 5.41) is 0.707. The highest BCUT2D eigenvalue weighted by atomic mass is 32.1. The lowest BCUT2D eigenvalue weighted by molar-refractivity contribution is 0.193. The number of hydrogen-bond acceptors (Lipinski definition) is 4. The Morgan fingerprint density at radius 2 is 2.05 bits per heavy atom. The third-order valence-electron chi connectivity index (χ3n) is 4.76. The maximum absolute atomic E-state index is 5.73. The van der Waals surface area contributed by atoms with E-state index in [2.05, 4.69) is 9.88 Å². The van der Waals surface area contributed by atoms with Crippen molar-refractivity contribution in [3.05, 3.63) is 11.1 Å². The van der Waals surface area contributed by atoms with Gasteiger partial charge in [0.25, 0.3) is 0 Å². The van der Waals surface area contributed by atoms with Crippen LogP contribution in [0.25, 0.3) is 0 Å². The van der Waals surface area contributed by atoms with Crippen molar-refractivity contribution in [3.63, 3.8) is 0 Å². The van der Waals surface area contributed by atoms with Gasteiger partial charge in [-0.05, 0) is 31.7 Å². The van der Waals surface area contributed by atoms with Gasteiger partial charge in [0, 0.05) is 23.7 Å². The van der Waals surface area contributed by atoms with E-state index in [1.54, 1.807) is 11.3 Å². The van der Waals surface area contributed by atoms with Crippen molar-refractivity contribution in [2.45, 2.75) is 64.0 Å². The van der Waals surface area contributed by atoms with Crippen LogP contribution in [-0.2, 0) is 6.54 Å². The number of aromatic nitrogens is 1. The fraction of sp³-hybridized carbons (Fsp3) is 0.800. The maximum atomic E-state index is 5.73. The summed E-state index contributed by atoms with van der Waals surface area (Å²) in [5.41, 5.74) is 5.73. The zero-order valence-corrected chi connectivity index (χ0v) is 12.5. The first-order chi connectivity index (χ1) is 9.31. The highest BCUT2D eigenvalue weighted by molar-refractivity contribution is 7.15. The molecule has 2 aliphatic rings. The van der Waals surface area contributed by atoms with Crippen LogP contribution in [0.15, 0.2) is 6.20 Å². The van der Waals surface area contributed by atoms with Gasteiger partial charge in [-0.15, -0.1) is 11.3 Å². The van der Waals surface area contributed by atoms with Crippen LogP contribution in [0.3, 0.4) is 0 Å². The molecular formula is C15H25N3S. The summed E-state index contributed by atoms with van der Waals surface area (Å²) in [5.74, 6) is 0.992. The lowest BCUT2D eigenvalue weighted by atomic mass is 9.84. The molecule has 1 aliphatic carbocycles. The van der Waals surface area contributed by atoms with Crippen LogP contribution in [0.1, 0.15) is 56.2 Å². The van der Waals surface area contributed by atoms with Gasteiger partial charge in [-0.1, -0.05) is 32.1 Å². The first kappa shape index (κ1) is 13.4. The maximum Gasteiger partial charge on any atom is 0.180 e. The molecule has 0 amide bonds. The van der Waals surface area contributed by atoms with Crippen LogP contribution >= 0.6 is 11.3 Å². The summed E-state index contributed by atoms with van der Waals surface area (Å²) in [7, 11) is 0. The van der Waals surface area contributed by atoms with Gasteiger partial charge in [0.1, 0.15) is 0 Å². The van der Waals surface area contributed by atoms with E-state index < -0.39 is 0 Å². The van der Waals surface area contributed by atoms with Gasteiger partial charge < -0.3 is 5.73 Å². The fourth-order valence-electron chi connectivity index (χ4n) is 3.77. The number of likely N-dealkylation sites (tertiary alicyclic amines) is 1. The van der Waals surface area contributed by atoms with Crippen molar-refractivity contribution in [1.29, 1.82) is 0 Å². The van der Waals surface area contributed by atoms with Gasteiger partial charge in [-0.25, -0.2) is 4.98 Å². The van der Waals surface area contributed by atoms with Crippen LogP contribution in [0, 0.1) is 5.92 Å². The van der Waals surface area contributed by atoms with Crippen LogP contribution in [-0.4, -0.2) is 22.5 Å². The molecule has 19 heavy (non-hydrogen) atoms. The third kappa shape index (κ3) is 3.48. The number of anilines is 1. The van der Waals surface area contributed by atoms with Gasteiger partial charge >= 0.3 is 0 Å². The van der Waals surface area contributed by atoms with Crippen LogP contribution in [0.4, 0.5) is 5.13 Å². The average molecular weight is 279 g/mol. The molecule has 1 aromatic rings. The number of hydrogen-bond donors (Lipinski definition) is 1. The van der Waals surface area contributed by atoms with Gasteiger partial charge in [0.05, 0.1) is 0 Å². The Morgan fingerprint density at radius 3 is 2.79 bits per heavy atom. The summed E-state index contributed by atoms with van der Waals surface area (Å²) in [6, 6.07) is 0.812. The number of nitrogens with zero attached hydrogens (tertiary/aromatic N) is 2. The predicted octanol–water partition coefficient (Wildman–Crippen LogP) is 3.66. The second-order valence-corrected chi connectivity index (χ2v) is 7.32. The standard InChI is InChI=1S/C15H25N3S/c16-15-17-10-14(19-15)11-18-8-4-7-13(18)9-12-5-2-1-3-6-12/h10,12-13H,1-9,11H2,(H2,16,17). The zero-order chi connectivity index (χ0) is 13.1. The van der Waals surface area contributed by atoms with Crippen LogP contribution in [0.5, 0.6) is 0 Å². The van der Waals surface area contributed by atoms with E-state index in [0.29, 0.717) is 5.13 Å². The molecule has 1 saturated heterocycles. The Hall–Kier alpha value is -0.610. The van der Waals surface area contributed by atoms with Gasteiger partial charge in [0.15, 0.2) is 5.13 Å². The molecule has 106 valence electrons. The third-order valence-corrected chi connectivity index (χ3v) is 5.57. The summed E-state index contributed by atoms with van der Waals surface area (Å²) in [6.07, 6.45) is 13.5. The molecule has 2 heterocycles. The molecule has 3 nitrogen and oxygen atoms in total. The van der Waals surface area contributed by atoms with E-state index in [4.69, 9.17) is 5.73 Å². The number of rotatable bonds is 4. The fourth-order valence-corrected chi connectivity index (χ4v) is 4.48. The predicted molar refractivity (Wildman–Crippen MR) is 81.2 cm³/mol. The van der Waals surface area contributed by atoms with E-state index in [1.807, 2.05) is 6.20 Å². The molecule has 2 fully saturated rings. The van der Waals surface area contributed by atoms with Crippen molar-refractivity contribution in [3.8, 4) is 0 Å². The number of nitrogens with two attached hydrogens (primary N) is 1. The first-order valence-corrected chi connectivity index (χ1v) is 8.57. The van der Waals surface area contributed by atoms with Crippen LogP contribution < -0.4 is 5.73 Å². The van der Waals surface area contributed by atoms with E-state index in [0.717, 1.165) is 18.5 Å². The summed E-state index contributed by atoms with van der Waals surface area (Å²) in [4.78, 5) is 8.16. The summed E-state index contributed by atoms with van der Waals surface area (Å²) >= 11 is 1.65. The molecule has 3 rings (SSSR count).